The van der Waals surface area contributed by atoms with Crippen molar-refractivity contribution < 1.29 is 14.5 Å². The van der Waals surface area contributed by atoms with Crippen molar-refractivity contribution in [2.45, 2.75) is 38.8 Å². The zero-order valence-electron chi connectivity index (χ0n) is 15.6. The Labute approximate surface area is 158 Å². The fourth-order valence-electron chi connectivity index (χ4n) is 3.20. The predicted octanol–water partition coefficient (Wildman–Crippen LogP) is 4.34. The van der Waals surface area contributed by atoms with Gasteiger partial charge in [-0.1, -0.05) is 17.7 Å². The van der Waals surface area contributed by atoms with Crippen LogP contribution in [-0.2, 0) is 4.79 Å². The van der Waals surface area contributed by atoms with Crippen molar-refractivity contribution in [1.82, 2.24) is 5.32 Å². The van der Waals surface area contributed by atoms with Gasteiger partial charge in [-0.2, -0.15) is 0 Å². The van der Waals surface area contributed by atoms with Crippen molar-refractivity contribution in [3.63, 3.8) is 0 Å². The molecule has 6 heteroatoms. The Hall–Kier alpha value is -3.15. The maximum Gasteiger partial charge on any atom is 0.269 e. The fraction of sp³-hybridized carbons (Fsp3) is 0.286. The Morgan fingerprint density at radius 2 is 1.96 bits per heavy atom. The Morgan fingerprint density at radius 1 is 1.26 bits per heavy atom. The van der Waals surface area contributed by atoms with Gasteiger partial charge in [0.25, 0.3) is 5.69 Å². The summed E-state index contributed by atoms with van der Waals surface area (Å²) < 4.78 is 6.02. The van der Waals surface area contributed by atoms with E-state index in [9.17, 15) is 14.9 Å². The van der Waals surface area contributed by atoms with Gasteiger partial charge in [0.2, 0.25) is 5.91 Å². The highest BCUT2D eigenvalue weighted by atomic mass is 16.6. The van der Waals surface area contributed by atoms with Gasteiger partial charge in [-0.05, 0) is 50.6 Å². The van der Waals surface area contributed by atoms with Crippen LogP contribution in [0.5, 0.6) is 5.75 Å². The molecule has 1 unspecified atom stereocenters. The fourth-order valence-corrected chi connectivity index (χ4v) is 3.20. The van der Waals surface area contributed by atoms with Crippen LogP contribution in [0.1, 0.15) is 43.0 Å². The van der Waals surface area contributed by atoms with E-state index in [2.05, 4.69) is 5.32 Å². The summed E-state index contributed by atoms with van der Waals surface area (Å²) >= 11 is 0. The molecule has 0 saturated heterocycles. The molecule has 6 nitrogen and oxygen atoms in total. The highest BCUT2D eigenvalue weighted by molar-refractivity contribution is 5.92. The number of ether oxygens (including phenoxy) is 1. The van der Waals surface area contributed by atoms with E-state index in [4.69, 9.17) is 4.74 Å². The third-order valence-corrected chi connectivity index (χ3v) is 4.47. The molecule has 0 aromatic heterocycles. The molecule has 2 aromatic rings. The van der Waals surface area contributed by atoms with Crippen LogP contribution in [0.25, 0.3) is 6.08 Å². The standard InChI is InChI=1S/C21H22N2O4/c1-14-4-10-19-17(12-14)18(13-21(2,3)27-19)22-20(24)11-7-15-5-8-16(9-6-15)23(25)26/h4-12,18H,13H2,1-3H3,(H,22,24)/b11-7+. The third-order valence-electron chi connectivity index (χ3n) is 4.47. The number of fused-ring (bicyclic) bond motifs is 1. The summed E-state index contributed by atoms with van der Waals surface area (Å²) in [4.78, 5) is 22.7. The predicted molar refractivity (Wildman–Crippen MR) is 104 cm³/mol. The number of nitro benzene ring substituents is 1. The molecule has 0 fully saturated rings. The molecule has 1 aliphatic rings. The van der Waals surface area contributed by atoms with Gasteiger partial charge in [-0.3, -0.25) is 14.9 Å². The highest BCUT2D eigenvalue weighted by Crippen LogP contribution is 2.39. The number of aryl methyl sites for hydroxylation is 1. The summed E-state index contributed by atoms with van der Waals surface area (Å²) in [5.74, 6) is 0.574. The first kappa shape index (κ1) is 18.6. The average molecular weight is 366 g/mol. The normalized spacial score (nSPS) is 17.8. The summed E-state index contributed by atoms with van der Waals surface area (Å²) in [7, 11) is 0. The van der Waals surface area contributed by atoms with Gasteiger partial charge in [0.1, 0.15) is 11.4 Å². The van der Waals surface area contributed by atoms with Gasteiger partial charge in [0, 0.05) is 30.2 Å². The maximum atomic E-state index is 12.4. The quantitative estimate of drug-likeness (QED) is 0.496. The monoisotopic (exact) mass is 366 g/mol. The minimum absolute atomic E-state index is 0.0213. The summed E-state index contributed by atoms with van der Waals surface area (Å²) in [6.07, 6.45) is 3.75. The number of non-ortho nitro benzene ring substituents is 1. The molecule has 0 aliphatic carbocycles. The Morgan fingerprint density at radius 3 is 2.63 bits per heavy atom. The second-order valence-electron chi connectivity index (χ2n) is 7.35. The molecular weight excluding hydrogens is 344 g/mol. The molecule has 1 N–H and O–H groups in total. The van der Waals surface area contributed by atoms with Gasteiger partial charge in [0.05, 0.1) is 11.0 Å². The van der Waals surface area contributed by atoms with Crippen LogP contribution in [0.3, 0.4) is 0 Å². The molecule has 140 valence electrons. The van der Waals surface area contributed by atoms with Crippen LogP contribution >= 0.6 is 0 Å². The Balaban J connectivity index is 1.73. The van der Waals surface area contributed by atoms with Crippen LogP contribution < -0.4 is 10.1 Å². The molecule has 27 heavy (non-hydrogen) atoms. The second kappa shape index (κ2) is 7.23. The lowest BCUT2D eigenvalue weighted by atomic mass is 9.89. The summed E-state index contributed by atoms with van der Waals surface area (Å²) in [5.41, 5.74) is 2.46. The molecular formula is C21H22N2O4. The van der Waals surface area contributed by atoms with E-state index in [1.807, 2.05) is 39.0 Å². The van der Waals surface area contributed by atoms with E-state index in [1.165, 1.54) is 18.2 Å². The number of nitrogens with one attached hydrogen (secondary N) is 1. The summed E-state index contributed by atoms with van der Waals surface area (Å²) in [6.45, 7) is 6.01. The molecule has 1 aliphatic heterocycles. The van der Waals surface area contributed by atoms with Crippen molar-refractivity contribution >= 4 is 17.7 Å². The topological polar surface area (TPSA) is 81.5 Å². The van der Waals surface area contributed by atoms with Gasteiger partial charge >= 0.3 is 0 Å². The largest absolute Gasteiger partial charge is 0.487 e. The van der Waals surface area contributed by atoms with E-state index in [-0.39, 0.29) is 23.2 Å². The van der Waals surface area contributed by atoms with E-state index < -0.39 is 4.92 Å². The lowest BCUT2D eigenvalue weighted by molar-refractivity contribution is -0.384. The number of carbonyl (C=O) groups is 1. The van der Waals surface area contributed by atoms with Crippen molar-refractivity contribution in [3.05, 3.63) is 75.3 Å². The number of carbonyl (C=O) groups excluding carboxylic acids is 1. The first-order valence-corrected chi connectivity index (χ1v) is 8.76. The third kappa shape index (κ3) is 4.53. The average Bonchev–Trinajstić information content (AvgIpc) is 2.60. The summed E-state index contributed by atoms with van der Waals surface area (Å²) in [5, 5.41) is 13.7. The summed E-state index contributed by atoms with van der Waals surface area (Å²) in [6, 6.07) is 11.9. The van der Waals surface area contributed by atoms with Crippen LogP contribution in [0.4, 0.5) is 5.69 Å². The molecule has 2 aromatic carbocycles. The number of hydrogen-bond acceptors (Lipinski definition) is 4. The molecule has 0 bridgehead atoms. The lowest BCUT2D eigenvalue weighted by Gasteiger charge is -2.38. The molecule has 0 spiro atoms. The maximum absolute atomic E-state index is 12.4. The van der Waals surface area contributed by atoms with Gasteiger partial charge < -0.3 is 10.1 Å². The van der Waals surface area contributed by atoms with Crippen molar-refractivity contribution in [3.8, 4) is 5.75 Å². The van der Waals surface area contributed by atoms with E-state index in [1.54, 1.807) is 18.2 Å². The van der Waals surface area contributed by atoms with Gasteiger partial charge in [0.15, 0.2) is 0 Å². The molecule has 3 rings (SSSR count). The van der Waals surface area contributed by atoms with Crippen molar-refractivity contribution in [2.75, 3.05) is 0 Å². The molecule has 1 heterocycles. The Kier molecular flexibility index (Phi) is 4.99. The first-order chi connectivity index (χ1) is 12.7. The zero-order chi connectivity index (χ0) is 19.6. The van der Waals surface area contributed by atoms with Crippen molar-refractivity contribution in [1.29, 1.82) is 0 Å². The zero-order valence-corrected chi connectivity index (χ0v) is 15.6. The highest BCUT2D eigenvalue weighted by Gasteiger charge is 2.34. The number of benzene rings is 2. The van der Waals surface area contributed by atoms with Gasteiger partial charge in [-0.15, -0.1) is 0 Å². The van der Waals surface area contributed by atoms with Crippen molar-refractivity contribution in [2.24, 2.45) is 0 Å². The number of hydrogen-bond donors (Lipinski definition) is 1. The minimum atomic E-state index is -0.452. The smallest absolute Gasteiger partial charge is 0.269 e. The van der Waals surface area contributed by atoms with E-state index in [0.29, 0.717) is 6.42 Å². The van der Waals surface area contributed by atoms with Crippen LogP contribution in [-0.4, -0.2) is 16.4 Å². The number of nitro groups is 1. The second-order valence-corrected chi connectivity index (χ2v) is 7.35. The molecule has 0 saturated carbocycles. The van der Waals surface area contributed by atoms with Crippen LogP contribution in [0.2, 0.25) is 0 Å². The SMILES string of the molecule is Cc1ccc2c(c1)C(NC(=O)/C=C/c1ccc([N+](=O)[O-])cc1)CC(C)(C)O2. The van der Waals surface area contributed by atoms with E-state index in [0.717, 1.165) is 22.4 Å². The molecule has 1 atom stereocenters. The van der Waals surface area contributed by atoms with Gasteiger partial charge in [-0.25, -0.2) is 0 Å². The number of rotatable bonds is 4. The first-order valence-electron chi connectivity index (χ1n) is 8.76. The Bertz CT molecular complexity index is 901. The molecule has 0 radical (unpaired) electrons. The van der Waals surface area contributed by atoms with Crippen LogP contribution in [0.15, 0.2) is 48.5 Å². The molecule has 1 amide bonds. The number of nitrogens with zero attached hydrogens (tertiary/aromatic N) is 1. The number of amides is 1. The lowest BCUT2D eigenvalue weighted by Crippen LogP contribution is -2.41. The van der Waals surface area contributed by atoms with E-state index >= 15 is 0 Å². The van der Waals surface area contributed by atoms with Crippen LogP contribution in [0, 0.1) is 17.0 Å². The minimum Gasteiger partial charge on any atom is -0.487 e.